The summed E-state index contributed by atoms with van der Waals surface area (Å²) in [4.78, 5) is 11.2. The van der Waals surface area contributed by atoms with E-state index < -0.39 is 0 Å². The molecule has 1 aliphatic carbocycles. The molecule has 0 atom stereocenters. The third-order valence-corrected chi connectivity index (χ3v) is 2.06. The Morgan fingerprint density at radius 1 is 1.50 bits per heavy atom. The van der Waals surface area contributed by atoms with Gasteiger partial charge in [-0.05, 0) is 39.0 Å². The van der Waals surface area contributed by atoms with Gasteiger partial charge in [-0.2, -0.15) is 0 Å². The molecular weight excluding hydrogens is 459 g/mol. The third kappa shape index (κ3) is 7.79. The molecule has 0 spiro atoms. The molecule has 1 aliphatic rings. The van der Waals surface area contributed by atoms with Crippen molar-refractivity contribution < 1.29 is 19.6 Å². The number of ether oxygens (including phenoxy) is 1. The van der Waals surface area contributed by atoms with E-state index >= 15 is 0 Å². The predicted molar refractivity (Wildman–Crippen MR) is 70.9 cm³/mol. The number of halogens is 2. The maximum atomic E-state index is 11.2. The molecule has 79 valence electrons. The van der Waals surface area contributed by atoms with Crippen LogP contribution in [0.25, 0.3) is 0 Å². The Morgan fingerprint density at radius 2 is 2.00 bits per heavy atom. The number of rotatable bonds is 2. The summed E-state index contributed by atoms with van der Waals surface area (Å²) in [5.74, 6) is 0.181. The molecule has 1 saturated carbocycles. The Morgan fingerprint density at radius 3 is 2.43 bits per heavy atom. The third-order valence-electron chi connectivity index (χ3n) is 2.06. The van der Waals surface area contributed by atoms with Crippen molar-refractivity contribution in [1.82, 2.24) is 0 Å². The van der Waals surface area contributed by atoms with Crippen molar-refractivity contribution in [2.24, 2.45) is 5.92 Å². The summed E-state index contributed by atoms with van der Waals surface area (Å²) in [5, 5.41) is 0. The molecule has 0 unspecified atom stereocenters. The summed E-state index contributed by atoms with van der Waals surface area (Å²) in [7, 11) is 0.0650. The molecule has 0 N–H and O–H groups in total. The summed E-state index contributed by atoms with van der Waals surface area (Å²) in [6, 6.07) is 0. The average Bonchev–Trinajstić information content (AvgIpc) is 2.21. The zero-order valence-electron chi connectivity index (χ0n) is 8.47. The Hall–Kier alpha value is 1.55. The van der Waals surface area contributed by atoms with E-state index in [4.69, 9.17) is 4.74 Å². The van der Waals surface area contributed by atoms with Crippen LogP contribution >= 0.6 is 39.5 Å². The quantitative estimate of drug-likeness (QED) is 0.347. The van der Waals surface area contributed by atoms with E-state index in [0.717, 1.165) is 25.7 Å². The minimum atomic E-state index is 0.000556. The number of esters is 1. The van der Waals surface area contributed by atoms with Gasteiger partial charge in [0.05, 0.1) is 12.5 Å². The fourth-order valence-electron chi connectivity index (χ4n) is 1.42. The summed E-state index contributed by atoms with van der Waals surface area (Å²) < 4.78 is 4.93. The van der Waals surface area contributed by atoms with Crippen LogP contribution in [0.4, 0.5) is 0 Å². The van der Waals surface area contributed by atoms with E-state index in [0.29, 0.717) is 6.61 Å². The van der Waals surface area contributed by atoms with Gasteiger partial charge in [-0.3, -0.25) is 4.79 Å². The SMILES string of the molecule is CCOC(=O)C1CC[CH]CC1.[I][Zn][I]. The molecule has 0 bridgehead atoms. The Kier molecular flexibility index (Phi) is 12.3. The average molecular weight is 474 g/mol. The second-order valence-corrected chi connectivity index (χ2v) is 26.5. The standard InChI is InChI=1S/C9H15O2.2HI.Zn/c1-2-11-9(10)8-6-4-3-5-7-8;;;/h3,8H,2,4-7H2,1H3;2*1H;/q;;;+2/p-2. The van der Waals surface area contributed by atoms with Gasteiger partial charge in [-0.1, -0.05) is 0 Å². The second kappa shape index (κ2) is 11.1. The van der Waals surface area contributed by atoms with Gasteiger partial charge in [-0.25, -0.2) is 0 Å². The van der Waals surface area contributed by atoms with E-state index in [1.54, 1.807) is 0 Å². The molecule has 0 saturated heterocycles. The van der Waals surface area contributed by atoms with Crippen molar-refractivity contribution in [2.45, 2.75) is 32.6 Å². The molecule has 2 nitrogen and oxygen atoms in total. The Balaban J connectivity index is 0.000000500. The second-order valence-electron chi connectivity index (χ2n) is 2.99. The van der Waals surface area contributed by atoms with Crippen LogP contribution in [0.3, 0.4) is 0 Å². The van der Waals surface area contributed by atoms with E-state index in [1.165, 1.54) is 0 Å². The first kappa shape index (κ1) is 15.6. The van der Waals surface area contributed by atoms with Crippen molar-refractivity contribution in [3.63, 3.8) is 0 Å². The van der Waals surface area contributed by atoms with Gasteiger partial charge in [0.25, 0.3) is 0 Å². The van der Waals surface area contributed by atoms with Gasteiger partial charge in [0.1, 0.15) is 0 Å². The fraction of sp³-hybridized carbons (Fsp3) is 0.778. The summed E-state index contributed by atoms with van der Waals surface area (Å²) in [5.41, 5.74) is 0. The summed E-state index contributed by atoms with van der Waals surface area (Å²) in [6.45, 7) is 2.37. The van der Waals surface area contributed by atoms with E-state index in [1.807, 2.05) is 6.92 Å². The van der Waals surface area contributed by atoms with Gasteiger partial charge in [0.15, 0.2) is 0 Å². The van der Waals surface area contributed by atoms with Gasteiger partial charge in [0, 0.05) is 0 Å². The predicted octanol–water partition coefficient (Wildman–Crippen LogP) is 3.71. The van der Waals surface area contributed by atoms with Crippen LogP contribution in [0, 0.1) is 12.3 Å². The topological polar surface area (TPSA) is 26.3 Å². The van der Waals surface area contributed by atoms with Crippen molar-refractivity contribution >= 4 is 45.5 Å². The van der Waals surface area contributed by atoms with Crippen LogP contribution in [-0.2, 0) is 19.6 Å². The zero-order chi connectivity index (χ0) is 10.8. The monoisotopic (exact) mass is 473 g/mol. The van der Waals surface area contributed by atoms with Gasteiger partial charge in [-0.15, -0.1) is 0 Å². The van der Waals surface area contributed by atoms with Crippen LogP contribution < -0.4 is 0 Å². The molecule has 14 heavy (non-hydrogen) atoms. The van der Waals surface area contributed by atoms with Crippen LogP contribution in [0.15, 0.2) is 0 Å². The first-order valence-electron chi connectivity index (χ1n) is 4.86. The molecule has 0 aromatic heterocycles. The van der Waals surface area contributed by atoms with Gasteiger partial charge in [0.2, 0.25) is 0 Å². The van der Waals surface area contributed by atoms with E-state index in [9.17, 15) is 4.79 Å². The molecule has 5 heteroatoms. The first-order chi connectivity index (χ1) is 6.76. The molecule has 0 heterocycles. The molecule has 0 aliphatic heterocycles. The van der Waals surface area contributed by atoms with Gasteiger partial charge < -0.3 is 4.74 Å². The van der Waals surface area contributed by atoms with E-state index in [-0.39, 0.29) is 22.0 Å². The molecule has 0 amide bonds. The Bertz CT molecular complexity index is 150. The van der Waals surface area contributed by atoms with E-state index in [2.05, 4.69) is 45.9 Å². The normalized spacial score (nSPS) is 16.2. The van der Waals surface area contributed by atoms with Crippen molar-refractivity contribution in [2.75, 3.05) is 6.61 Å². The molecule has 1 fully saturated rings. The summed E-state index contributed by atoms with van der Waals surface area (Å²) in [6.07, 6.45) is 6.36. The number of hydrogen-bond donors (Lipinski definition) is 0. The number of carbonyl (C=O) groups is 1. The van der Waals surface area contributed by atoms with Crippen LogP contribution in [0.1, 0.15) is 32.6 Å². The molecule has 0 aromatic rings. The maximum absolute atomic E-state index is 11.2. The van der Waals surface area contributed by atoms with Crippen molar-refractivity contribution in [3.8, 4) is 0 Å². The summed E-state index contributed by atoms with van der Waals surface area (Å²) >= 11 is 4.93. The van der Waals surface area contributed by atoms with Crippen molar-refractivity contribution in [3.05, 3.63) is 6.42 Å². The fourth-order valence-corrected chi connectivity index (χ4v) is 1.42. The number of hydrogen-bond acceptors (Lipinski definition) is 2. The van der Waals surface area contributed by atoms with Crippen LogP contribution in [0.5, 0.6) is 0 Å². The number of carbonyl (C=O) groups excluding carboxylic acids is 1. The Labute approximate surface area is 115 Å². The van der Waals surface area contributed by atoms with Crippen LogP contribution in [0.2, 0.25) is 0 Å². The zero-order valence-corrected chi connectivity index (χ0v) is 15.8. The van der Waals surface area contributed by atoms with Gasteiger partial charge >= 0.3 is 55.6 Å². The van der Waals surface area contributed by atoms with Crippen molar-refractivity contribution in [1.29, 1.82) is 0 Å². The molecule has 1 rings (SSSR count). The van der Waals surface area contributed by atoms with Crippen LogP contribution in [-0.4, -0.2) is 12.6 Å². The molecule has 0 aromatic carbocycles. The molecule has 1 radical (unpaired) electrons. The minimum absolute atomic E-state index is 0.000556. The first-order valence-corrected chi connectivity index (χ1v) is 23.0. The molecular formula is C9H15I2O2Zn.